The summed E-state index contributed by atoms with van der Waals surface area (Å²) in [6.07, 6.45) is 6.37. The maximum Gasteiger partial charge on any atom is 0.416 e. The number of ether oxygens (including phenoxy) is 2. The zero-order valence-corrected chi connectivity index (χ0v) is 21.4. The summed E-state index contributed by atoms with van der Waals surface area (Å²) >= 11 is 6.33. The van der Waals surface area contributed by atoms with Crippen LogP contribution in [-0.4, -0.2) is 53.6 Å². The van der Waals surface area contributed by atoms with Gasteiger partial charge in [-0.25, -0.2) is 4.79 Å². The van der Waals surface area contributed by atoms with Gasteiger partial charge in [0.25, 0.3) is 0 Å². The smallest absolute Gasteiger partial charge is 0.416 e. The van der Waals surface area contributed by atoms with E-state index in [1.54, 1.807) is 24.0 Å². The Morgan fingerprint density at radius 1 is 1.11 bits per heavy atom. The van der Waals surface area contributed by atoms with E-state index in [9.17, 15) is 15.0 Å². The van der Waals surface area contributed by atoms with Crippen LogP contribution < -0.4 is 14.8 Å². The van der Waals surface area contributed by atoms with Crippen molar-refractivity contribution >= 4 is 17.7 Å². The molecule has 3 aliphatic rings. The van der Waals surface area contributed by atoms with E-state index in [2.05, 4.69) is 17.5 Å². The lowest BCUT2D eigenvalue weighted by atomic mass is 9.85. The molecule has 2 aromatic carbocycles. The number of halogens is 1. The molecule has 0 saturated heterocycles. The molecule has 2 unspecified atom stereocenters. The highest BCUT2D eigenvalue weighted by Crippen LogP contribution is 2.45. The summed E-state index contributed by atoms with van der Waals surface area (Å²) in [4.78, 5) is 15.1. The largest absolute Gasteiger partial charge is 0.493 e. The number of nitrogens with one attached hydrogen (secondary N) is 1. The Balaban J connectivity index is 1.44. The normalized spacial score (nSPS) is 22.6. The van der Waals surface area contributed by atoms with Gasteiger partial charge in [-0.1, -0.05) is 61.0 Å². The lowest BCUT2D eigenvalue weighted by Gasteiger charge is -2.37. The maximum absolute atomic E-state index is 13.4. The third-order valence-corrected chi connectivity index (χ3v) is 7.45. The summed E-state index contributed by atoms with van der Waals surface area (Å²) in [5.74, 6) is 1.27. The van der Waals surface area contributed by atoms with Crippen LogP contribution >= 0.6 is 11.6 Å². The average molecular weight is 523 g/mol. The van der Waals surface area contributed by atoms with Crippen LogP contribution in [-0.2, 0) is 0 Å². The highest BCUT2D eigenvalue weighted by atomic mass is 35.5. The van der Waals surface area contributed by atoms with E-state index >= 15 is 0 Å². The predicted molar refractivity (Wildman–Crippen MR) is 141 cm³/mol. The van der Waals surface area contributed by atoms with Gasteiger partial charge in [0.2, 0.25) is 0 Å². The summed E-state index contributed by atoms with van der Waals surface area (Å²) in [7, 11) is 0. The Morgan fingerprint density at radius 2 is 1.84 bits per heavy atom. The first-order valence-corrected chi connectivity index (χ1v) is 12.8. The van der Waals surface area contributed by atoms with Crippen molar-refractivity contribution in [1.29, 1.82) is 0 Å². The number of carbonyl (C=O) groups excluding carboxylic acids is 1. The van der Waals surface area contributed by atoms with Crippen LogP contribution in [0.4, 0.5) is 4.79 Å². The number of amides is 1. The first-order chi connectivity index (χ1) is 17.9. The van der Waals surface area contributed by atoms with Gasteiger partial charge in [0.1, 0.15) is 17.5 Å². The minimum Gasteiger partial charge on any atom is -0.493 e. The molecule has 37 heavy (non-hydrogen) atoms. The highest BCUT2D eigenvalue weighted by molar-refractivity contribution is 6.31. The van der Waals surface area contributed by atoms with Crippen LogP contribution in [0.5, 0.6) is 11.5 Å². The molecule has 3 atom stereocenters. The second-order valence-corrected chi connectivity index (χ2v) is 10.5. The molecular formula is C29H31ClN2O5. The van der Waals surface area contributed by atoms with Crippen LogP contribution in [0, 0.1) is 11.3 Å². The molecule has 5 rings (SSSR count). The van der Waals surface area contributed by atoms with Crippen molar-refractivity contribution in [2.75, 3.05) is 26.4 Å². The fraction of sp³-hybridized carbons (Fsp3) is 0.345. The quantitative estimate of drug-likeness (QED) is 0.494. The summed E-state index contributed by atoms with van der Waals surface area (Å²) in [5, 5.41) is 23.4. The topological polar surface area (TPSA) is 91.3 Å². The minimum absolute atomic E-state index is 0.0948. The highest BCUT2D eigenvalue weighted by Gasteiger charge is 2.43. The van der Waals surface area contributed by atoms with Crippen LogP contribution in [0.25, 0.3) is 0 Å². The van der Waals surface area contributed by atoms with Crippen LogP contribution in [0.3, 0.4) is 0 Å². The zero-order valence-electron chi connectivity index (χ0n) is 20.6. The molecule has 3 N–H and O–H groups in total. The fourth-order valence-electron chi connectivity index (χ4n) is 4.97. The number of benzene rings is 2. The molecule has 0 spiro atoms. The van der Waals surface area contributed by atoms with E-state index in [1.165, 1.54) is 5.57 Å². The number of allylic oxidation sites excluding steroid dienone is 2. The molecular weight excluding hydrogens is 492 g/mol. The van der Waals surface area contributed by atoms with Crippen molar-refractivity contribution in [3.8, 4) is 11.5 Å². The number of hydrogen-bond donors (Lipinski definition) is 3. The van der Waals surface area contributed by atoms with Gasteiger partial charge in [0.05, 0.1) is 25.9 Å². The molecule has 0 radical (unpaired) electrons. The van der Waals surface area contributed by atoms with Crippen molar-refractivity contribution in [3.05, 3.63) is 94.7 Å². The first-order valence-electron chi connectivity index (χ1n) is 12.4. The fourth-order valence-corrected chi connectivity index (χ4v) is 5.18. The van der Waals surface area contributed by atoms with Gasteiger partial charge < -0.3 is 25.0 Å². The average Bonchev–Trinajstić information content (AvgIpc) is 3.30. The second-order valence-electron chi connectivity index (χ2n) is 10.1. The second kappa shape index (κ2) is 10.6. The number of aliphatic hydroxyl groups excluding tert-OH is 2. The molecule has 2 aliphatic heterocycles. The summed E-state index contributed by atoms with van der Waals surface area (Å²) in [6, 6.07) is 16.4. The minimum atomic E-state index is -0.730. The SMILES string of the molecule is CC(CO)(CO)COc1ccc([C@H]2C3=C(CCN2C(=O)Oc2ccccc2)C2C=C(Cl)C=CC2N3)cc1. The van der Waals surface area contributed by atoms with E-state index in [4.69, 9.17) is 21.1 Å². The molecule has 7 nitrogen and oxygen atoms in total. The van der Waals surface area contributed by atoms with E-state index in [1.807, 2.05) is 48.5 Å². The van der Waals surface area contributed by atoms with Gasteiger partial charge in [-0.15, -0.1) is 0 Å². The lowest BCUT2D eigenvalue weighted by Crippen LogP contribution is -2.43. The number of hydrogen-bond acceptors (Lipinski definition) is 6. The van der Waals surface area contributed by atoms with Gasteiger partial charge in [-0.3, -0.25) is 4.90 Å². The first kappa shape index (κ1) is 25.4. The van der Waals surface area contributed by atoms with Crippen molar-refractivity contribution < 1.29 is 24.5 Å². The van der Waals surface area contributed by atoms with Crippen molar-refractivity contribution in [2.24, 2.45) is 11.3 Å². The van der Waals surface area contributed by atoms with Gasteiger partial charge in [-0.2, -0.15) is 0 Å². The molecule has 0 aromatic heterocycles. The predicted octanol–water partition coefficient (Wildman–Crippen LogP) is 4.54. The number of aliphatic hydroxyl groups is 2. The Morgan fingerprint density at radius 3 is 2.54 bits per heavy atom. The monoisotopic (exact) mass is 522 g/mol. The molecule has 194 valence electrons. The summed E-state index contributed by atoms with van der Waals surface area (Å²) in [6.45, 7) is 2.09. The van der Waals surface area contributed by atoms with E-state index < -0.39 is 11.5 Å². The molecule has 1 amide bonds. The molecule has 2 heterocycles. The molecule has 8 heteroatoms. The molecule has 0 fully saturated rings. The van der Waals surface area contributed by atoms with Crippen LogP contribution in [0.2, 0.25) is 0 Å². The van der Waals surface area contributed by atoms with E-state index in [-0.39, 0.29) is 37.8 Å². The molecule has 2 aromatic rings. The lowest BCUT2D eigenvalue weighted by molar-refractivity contribution is 0.0287. The maximum atomic E-state index is 13.4. The number of carbonyl (C=O) groups is 1. The van der Waals surface area contributed by atoms with Crippen LogP contribution in [0.15, 0.2) is 89.1 Å². The number of rotatable bonds is 7. The molecule has 1 aliphatic carbocycles. The number of nitrogens with zero attached hydrogens (tertiary/aromatic N) is 1. The standard InChI is InChI=1S/C29H31ClN2O5/c1-29(16-33,17-34)18-36-21-10-7-19(8-11-21)27-26-23(24-15-20(30)9-12-25(24)31-26)13-14-32(27)28(35)37-22-5-3-2-4-6-22/h2-12,15,24-25,27,31,33-34H,13-14,16-18H2,1H3/t24?,25?,27-/m0/s1. The van der Waals surface area contributed by atoms with E-state index in [0.29, 0.717) is 18.0 Å². The number of fused-ring (bicyclic) bond motifs is 2. The van der Waals surface area contributed by atoms with Crippen LogP contribution in [0.1, 0.15) is 24.9 Å². The Labute approximate surface area is 221 Å². The molecule has 0 bridgehead atoms. The Hall–Kier alpha value is -3.26. The van der Waals surface area contributed by atoms with Gasteiger partial charge in [0.15, 0.2) is 0 Å². The summed E-state index contributed by atoms with van der Waals surface area (Å²) in [5.41, 5.74) is 2.44. The third kappa shape index (κ3) is 5.25. The Bertz CT molecular complexity index is 1220. The van der Waals surface area contributed by atoms with Crippen molar-refractivity contribution in [3.63, 3.8) is 0 Å². The zero-order chi connectivity index (χ0) is 26.0. The molecule has 0 saturated carbocycles. The van der Waals surface area contributed by atoms with Gasteiger partial charge in [0, 0.05) is 28.6 Å². The Kier molecular flexibility index (Phi) is 7.29. The third-order valence-electron chi connectivity index (χ3n) is 7.20. The van der Waals surface area contributed by atoms with Gasteiger partial charge in [-0.05, 0) is 47.9 Å². The van der Waals surface area contributed by atoms with E-state index in [0.717, 1.165) is 22.7 Å². The van der Waals surface area contributed by atoms with Crippen molar-refractivity contribution in [1.82, 2.24) is 10.2 Å². The van der Waals surface area contributed by atoms with Crippen molar-refractivity contribution in [2.45, 2.75) is 25.4 Å². The van der Waals surface area contributed by atoms with Gasteiger partial charge >= 0.3 is 6.09 Å². The summed E-state index contributed by atoms with van der Waals surface area (Å²) < 4.78 is 11.6. The number of para-hydroxylation sites is 1.